The zero-order valence-corrected chi connectivity index (χ0v) is 15.2. The smallest absolute Gasteiger partial charge is 0.238 e. The maximum Gasteiger partial charge on any atom is 0.238 e. The van der Waals surface area contributed by atoms with Gasteiger partial charge in [0.15, 0.2) is 16.8 Å². The SMILES string of the molecule is Cc1cc(NC(=O)[C@H](C)Sc2nnc(-c3cccnc3)n2C2CC2)no1. The number of nitrogens with zero attached hydrogens (tertiary/aromatic N) is 5. The van der Waals surface area contributed by atoms with E-state index in [1.807, 2.05) is 19.1 Å². The highest BCUT2D eigenvalue weighted by Crippen LogP contribution is 2.41. The number of anilines is 1. The van der Waals surface area contributed by atoms with Crippen LogP contribution in [0.15, 0.2) is 40.3 Å². The van der Waals surface area contributed by atoms with Gasteiger partial charge in [-0.25, -0.2) is 0 Å². The van der Waals surface area contributed by atoms with E-state index in [1.54, 1.807) is 25.4 Å². The zero-order chi connectivity index (χ0) is 18.1. The standard InChI is InChI=1S/C17H18N6O2S/c1-10-8-14(22-25-10)19-16(24)11(2)26-17-21-20-15(23(17)13-5-6-13)12-4-3-7-18-9-12/h3-4,7-9,11,13H,5-6H2,1-2H3,(H,19,22,24)/t11-/m0/s1. The minimum atomic E-state index is -0.351. The fraction of sp³-hybridized carbons (Fsp3) is 0.353. The third-order valence-corrected chi connectivity index (χ3v) is 5.08. The topological polar surface area (TPSA) is 98.7 Å². The molecule has 4 rings (SSSR count). The second-order valence-electron chi connectivity index (χ2n) is 6.22. The van der Waals surface area contributed by atoms with Crippen molar-refractivity contribution in [2.75, 3.05) is 5.32 Å². The van der Waals surface area contributed by atoms with Crippen molar-refractivity contribution >= 4 is 23.5 Å². The number of pyridine rings is 1. The van der Waals surface area contributed by atoms with Gasteiger partial charge in [0.1, 0.15) is 5.76 Å². The van der Waals surface area contributed by atoms with Gasteiger partial charge >= 0.3 is 0 Å². The molecular formula is C17H18N6O2S. The minimum Gasteiger partial charge on any atom is -0.360 e. The van der Waals surface area contributed by atoms with Gasteiger partial charge in [-0.2, -0.15) is 0 Å². The van der Waals surface area contributed by atoms with Crippen LogP contribution >= 0.6 is 11.8 Å². The number of hydrogen-bond acceptors (Lipinski definition) is 7. The third-order valence-electron chi connectivity index (χ3n) is 4.03. The molecule has 8 nitrogen and oxygen atoms in total. The molecule has 3 aromatic heterocycles. The van der Waals surface area contributed by atoms with E-state index >= 15 is 0 Å². The first kappa shape index (κ1) is 16.8. The first-order valence-electron chi connectivity index (χ1n) is 8.38. The molecule has 1 amide bonds. The molecular weight excluding hydrogens is 352 g/mol. The van der Waals surface area contributed by atoms with Crippen molar-refractivity contribution in [2.24, 2.45) is 0 Å². The lowest BCUT2D eigenvalue weighted by Crippen LogP contribution is -2.23. The molecule has 0 spiro atoms. The number of amides is 1. The van der Waals surface area contributed by atoms with Crippen molar-refractivity contribution in [1.29, 1.82) is 0 Å². The molecule has 1 atom stereocenters. The molecule has 134 valence electrons. The molecule has 9 heteroatoms. The lowest BCUT2D eigenvalue weighted by atomic mass is 10.3. The van der Waals surface area contributed by atoms with E-state index in [2.05, 4.69) is 30.2 Å². The van der Waals surface area contributed by atoms with Crippen molar-refractivity contribution in [1.82, 2.24) is 24.9 Å². The summed E-state index contributed by atoms with van der Waals surface area (Å²) < 4.78 is 7.09. The highest BCUT2D eigenvalue weighted by Gasteiger charge is 2.31. The number of thioether (sulfide) groups is 1. The Hall–Kier alpha value is -2.68. The van der Waals surface area contributed by atoms with Gasteiger partial charge in [0, 0.05) is 30.1 Å². The van der Waals surface area contributed by atoms with Crippen LogP contribution in [-0.2, 0) is 4.79 Å². The average Bonchev–Trinajstić information content (AvgIpc) is 3.27. The Morgan fingerprint density at radius 3 is 2.92 bits per heavy atom. The van der Waals surface area contributed by atoms with Crippen molar-refractivity contribution in [2.45, 2.75) is 43.1 Å². The fourth-order valence-corrected chi connectivity index (χ4v) is 3.50. The molecule has 0 radical (unpaired) electrons. The Kier molecular flexibility index (Phi) is 4.46. The molecule has 0 unspecified atom stereocenters. The summed E-state index contributed by atoms with van der Waals surface area (Å²) in [6, 6.07) is 5.91. The fourth-order valence-electron chi connectivity index (χ4n) is 2.58. The molecule has 1 fully saturated rings. The van der Waals surface area contributed by atoms with Crippen LogP contribution in [0.1, 0.15) is 31.6 Å². The van der Waals surface area contributed by atoms with E-state index in [0.717, 1.165) is 29.4 Å². The summed E-state index contributed by atoms with van der Waals surface area (Å²) in [5, 5.41) is 15.6. The van der Waals surface area contributed by atoms with Gasteiger partial charge in [-0.05, 0) is 38.8 Å². The summed E-state index contributed by atoms with van der Waals surface area (Å²) in [5.74, 6) is 1.70. The van der Waals surface area contributed by atoms with Crippen LogP contribution in [0.25, 0.3) is 11.4 Å². The maximum absolute atomic E-state index is 12.4. The first-order valence-corrected chi connectivity index (χ1v) is 9.26. The van der Waals surface area contributed by atoms with Crippen LogP contribution in [0, 0.1) is 6.92 Å². The molecule has 0 aliphatic heterocycles. The van der Waals surface area contributed by atoms with Crippen LogP contribution in [-0.4, -0.2) is 36.1 Å². The summed E-state index contributed by atoms with van der Waals surface area (Å²) in [6.07, 6.45) is 5.70. The monoisotopic (exact) mass is 370 g/mol. The van der Waals surface area contributed by atoms with E-state index < -0.39 is 0 Å². The largest absolute Gasteiger partial charge is 0.360 e. The Morgan fingerprint density at radius 2 is 2.27 bits per heavy atom. The van der Waals surface area contributed by atoms with Gasteiger partial charge in [0.2, 0.25) is 5.91 Å². The van der Waals surface area contributed by atoms with E-state index in [0.29, 0.717) is 17.6 Å². The third kappa shape index (κ3) is 3.48. The van der Waals surface area contributed by atoms with Crippen LogP contribution in [0.3, 0.4) is 0 Å². The van der Waals surface area contributed by atoms with Gasteiger partial charge in [-0.15, -0.1) is 10.2 Å². The van der Waals surface area contributed by atoms with Gasteiger partial charge in [0.25, 0.3) is 0 Å². The summed E-state index contributed by atoms with van der Waals surface area (Å²) in [4.78, 5) is 16.6. The molecule has 1 aliphatic carbocycles. The summed E-state index contributed by atoms with van der Waals surface area (Å²) in [5.41, 5.74) is 0.925. The highest BCUT2D eigenvalue weighted by atomic mass is 32.2. The Morgan fingerprint density at radius 1 is 1.42 bits per heavy atom. The van der Waals surface area contributed by atoms with Crippen LogP contribution in [0.2, 0.25) is 0 Å². The number of carbonyl (C=O) groups is 1. The number of hydrogen-bond donors (Lipinski definition) is 1. The molecule has 1 N–H and O–H groups in total. The first-order chi connectivity index (χ1) is 12.6. The quantitative estimate of drug-likeness (QED) is 0.666. The predicted octanol–water partition coefficient (Wildman–Crippen LogP) is 3.09. The highest BCUT2D eigenvalue weighted by molar-refractivity contribution is 8.00. The minimum absolute atomic E-state index is 0.156. The summed E-state index contributed by atoms with van der Waals surface area (Å²) in [7, 11) is 0. The molecule has 3 heterocycles. The Labute approximate surface area is 154 Å². The molecule has 0 saturated heterocycles. The van der Waals surface area contributed by atoms with Gasteiger partial charge in [-0.1, -0.05) is 16.9 Å². The van der Waals surface area contributed by atoms with E-state index in [-0.39, 0.29) is 11.2 Å². The Bertz CT molecular complexity index is 918. The van der Waals surface area contributed by atoms with Crippen LogP contribution < -0.4 is 5.32 Å². The lowest BCUT2D eigenvalue weighted by molar-refractivity contribution is -0.115. The number of carbonyl (C=O) groups excluding carboxylic acids is 1. The van der Waals surface area contributed by atoms with Gasteiger partial charge < -0.3 is 9.84 Å². The molecule has 3 aromatic rings. The lowest BCUT2D eigenvalue weighted by Gasteiger charge is -2.12. The Balaban J connectivity index is 1.52. The average molecular weight is 370 g/mol. The van der Waals surface area contributed by atoms with Gasteiger partial charge in [0.05, 0.1) is 5.25 Å². The second kappa shape index (κ2) is 6.91. The summed E-state index contributed by atoms with van der Waals surface area (Å²) in [6.45, 7) is 3.61. The van der Waals surface area contributed by atoms with Crippen molar-refractivity contribution < 1.29 is 9.32 Å². The van der Waals surface area contributed by atoms with Crippen molar-refractivity contribution in [3.8, 4) is 11.4 Å². The number of rotatable bonds is 6. The predicted molar refractivity (Wildman–Crippen MR) is 96.7 cm³/mol. The maximum atomic E-state index is 12.4. The molecule has 0 bridgehead atoms. The molecule has 26 heavy (non-hydrogen) atoms. The molecule has 1 aliphatic rings. The van der Waals surface area contributed by atoms with E-state index in [4.69, 9.17) is 4.52 Å². The van der Waals surface area contributed by atoms with E-state index in [9.17, 15) is 4.79 Å². The molecule has 0 aromatic carbocycles. The number of aryl methyl sites for hydroxylation is 1. The molecule has 1 saturated carbocycles. The van der Waals surface area contributed by atoms with Crippen molar-refractivity contribution in [3.05, 3.63) is 36.4 Å². The zero-order valence-electron chi connectivity index (χ0n) is 14.4. The van der Waals surface area contributed by atoms with Crippen LogP contribution in [0.4, 0.5) is 5.82 Å². The van der Waals surface area contributed by atoms with Crippen LogP contribution in [0.5, 0.6) is 0 Å². The van der Waals surface area contributed by atoms with Crippen molar-refractivity contribution in [3.63, 3.8) is 0 Å². The normalized spacial score (nSPS) is 15.0. The number of nitrogens with one attached hydrogen (secondary N) is 1. The van der Waals surface area contributed by atoms with E-state index in [1.165, 1.54) is 11.8 Å². The number of aromatic nitrogens is 5. The summed E-state index contributed by atoms with van der Waals surface area (Å²) >= 11 is 1.39. The van der Waals surface area contributed by atoms with Gasteiger partial charge in [-0.3, -0.25) is 14.3 Å². The second-order valence-corrected chi connectivity index (χ2v) is 7.53.